The molecule has 112 valence electrons. The number of likely N-dealkylation sites (N-methyl/N-ethyl adjacent to an activating group) is 1. The standard InChI is InChI=1S/C17H34N2/c1-5-17(4)9-11-19(12-10-17)16-13-14(3)7-8-15(16)18-6-2/h14-16,18H,5-13H2,1-4H3. The van der Waals surface area contributed by atoms with Crippen LogP contribution in [0.5, 0.6) is 0 Å². The third-order valence-electron chi connectivity index (χ3n) is 5.87. The van der Waals surface area contributed by atoms with Crippen molar-refractivity contribution in [3.05, 3.63) is 0 Å². The summed E-state index contributed by atoms with van der Waals surface area (Å²) in [5.41, 5.74) is 0.616. The molecule has 2 fully saturated rings. The van der Waals surface area contributed by atoms with Crippen molar-refractivity contribution in [1.82, 2.24) is 10.2 Å². The first-order valence-corrected chi connectivity index (χ1v) is 8.55. The largest absolute Gasteiger partial charge is 0.313 e. The minimum atomic E-state index is 0.616. The summed E-state index contributed by atoms with van der Waals surface area (Å²) >= 11 is 0. The number of hydrogen-bond acceptors (Lipinski definition) is 2. The Labute approximate surface area is 120 Å². The van der Waals surface area contributed by atoms with Gasteiger partial charge < -0.3 is 5.32 Å². The first-order valence-electron chi connectivity index (χ1n) is 8.55. The average molecular weight is 266 g/mol. The van der Waals surface area contributed by atoms with E-state index >= 15 is 0 Å². The lowest BCUT2D eigenvalue weighted by Crippen LogP contribution is -2.55. The van der Waals surface area contributed by atoms with Crippen LogP contribution >= 0.6 is 0 Å². The van der Waals surface area contributed by atoms with Crippen LogP contribution in [0, 0.1) is 11.3 Å². The first-order chi connectivity index (χ1) is 9.08. The van der Waals surface area contributed by atoms with Crippen LogP contribution in [0.1, 0.15) is 66.2 Å². The minimum absolute atomic E-state index is 0.616. The topological polar surface area (TPSA) is 15.3 Å². The van der Waals surface area contributed by atoms with Crippen LogP contribution in [0.15, 0.2) is 0 Å². The second-order valence-corrected chi connectivity index (χ2v) is 7.35. The first kappa shape index (κ1) is 15.3. The Morgan fingerprint density at radius 2 is 1.84 bits per heavy atom. The zero-order chi connectivity index (χ0) is 13.9. The van der Waals surface area contributed by atoms with Gasteiger partial charge in [0.15, 0.2) is 0 Å². The van der Waals surface area contributed by atoms with Crippen molar-refractivity contribution < 1.29 is 0 Å². The van der Waals surface area contributed by atoms with Gasteiger partial charge in [0.05, 0.1) is 0 Å². The van der Waals surface area contributed by atoms with E-state index in [0.29, 0.717) is 5.41 Å². The van der Waals surface area contributed by atoms with Crippen molar-refractivity contribution in [2.24, 2.45) is 11.3 Å². The fourth-order valence-corrected chi connectivity index (χ4v) is 4.00. The lowest BCUT2D eigenvalue weighted by molar-refractivity contribution is 0.0399. The van der Waals surface area contributed by atoms with Gasteiger partial charge in [-0.1, -0.05) is 34.1 Å². The summed E-state index contributed by atoms with van der Waals surface area (Å²) in [6.45, 7) is 13.3. The molecule has 2 aliphatic rings. The predicted molar refractivity (Wildman–Crippen MR) is 83.5 cm³/mol. The van der Waals surface area contributed by atoms with E-state index in [4.69, 9.17) is 0 Å². The van der Waals surface area contributed by atoms with Crippen LogP contribution in [0.3, 0.4) is 0 Å². The Kier molecular flexibility index (Phi) is 5.30. The molecule has 0 aromatic rings. The Bertz CT molecular complexity index is 268. The average Bonchev–Trinajstić information content (AvgIpc) is 2.42. The molecule has 2 rings (SSSR count). The van der Waals surface area contributed by atoms with Gasteiger partial charge in [0.2, 0.25) is 0 Å². The molecule has 2 heteroatoms. The molecule has 1 N–H and O–H groups in total. The lowest BCUT2D eigenvalue weighted by atomic mass is 9.76. The van der Waals surface area contributed by atoms with Gasteiger partial charge in [0.1, 0.15) is 0 Å². The zero-order valence-corrected chi connectivity index (χ0v) is 13.5. The van der Waals surface area contributed by atoms with Crippen LogP contribution in [-0.2, 0) is 0 Å². The van der Waals surface area contributed by atoms with Gasteiger partial charge in [-0.05, 0) is 63.1 Å². The highest BCUT2D eigenvalue weighted by Gasteiger charge is 2.36. The Hall–Kier alpha value is -0.0800. The highest BCUT2D eigenvalue weighted by atomic mass is 15.2. The van der Waals surface area contributed by atoms with Crippen molar-refractivity contribution in [3.63, 3.8) is 0 Å². The third-order valence-corrected chi connectivity index (χ3v) is 5.87. The molecule has 3 unspecified atom stereocenters. The van der Waals surface area contributed by atoms with Crippen molar-refractivity contribution in [1.29, 1.82) is 0 Å². The Morgan fingerprint density at radius 3 is 2.42 bits per heavy atom. The maximum absolute atomic E-state index is 3.75. The SMILES string of the molecule is CCNC1CCC(C)CC1N1CCC(C)(CC)CC1. The predicted octanol–water partition coefficient (Wildman–Crippen LogP) is 3.67. The van der Waals surface area contributed by atoms with Gasteiger partial charge in [-0.15, -0.1) is 0 Å². The molecular weight excluding hydrogens is 232 g/mol. The van der Waals surface area contributed by atoms with Gasteiger partial charge in [-0.25, -0.2) is 0 Å². The lowest BCUT2D eigenvalue weighted by Gasteiger charge is -2.47. The molecule has 19 heavy (non-hydrogen) atoms. The second-order valence-electron chi connectivity index (χ2n) is 7.35. The zero-order valence-electron chi connectivity index (χ0n) is 13.5. The van der Waals surface area contributed by atoms with Gasteiger partial charge in [-0.3, -0.25) is 4.90 Å². The van der Waals surface area contributed by atoms with Crippen molar-refractivity contribution in [2.75, 3.05) is 19.6 Å². The number of piperidine rings is 1. The number of nitrogens with zero attached hydrogens (tertiary/aromatic N) is 1. The van der Waals surface area contributed by atoms with Crippen molar-refractivity contribution in [2.45, 2.75) is 78.3 Å². The summed E-state index contributed by atoms with van der Waals surface area (Å²) in [7, 11) is 0. The summed E-state index contributed by atoms with van der Waals surface area (Å²) in [5.74, 6) is 0.916. The van der Waals surface area contributed by atoms with Gasteiger partial charge in [0.25, 0.3) is 0 Å². The smallest absolute Gasteiger partial charge is 0.0251 e. The Balaban J connectivity index is 1.95. The summed E-state index contributed by atoms with van der Waals surface area (Å²) in [4.78, 5) is 2.81. The van der Waals surface area contributed by atoms with E-state index in [1.807, 2.05) is 0 Å². The molecule has 1 aliphatic heterocycles. The van der Waals surface area contributed by atoms with Gasteiger partial charge >= 0.3 is 0 Å². The van der Waals surface area contributed by atoms with Gasteiger partial charge in [0, 0.05) is 12.1 Å². The van der Waals surface area contributed by atoms with Crippen LogP contribution in [0.2, 0.25) is 0 Å². The van der Waals surface area contributed by atoms with E-state index in [1.54, 1.807) is 0 Å². The molecule has 0 aromatic heterocycles. The van der Waals surface area contributed by atoms with Crippen molar-refractivity contribution in [3.8, 4) is 0 Å². The number of hydrogen-bond donors (Lipinski definition) is 1. The quantitative estimate of drug-likeness (QED) is 0.835. The molecule has 1 saturated heterocycles. The van der Waals surface area contributed by atoms with E-state index < -0.39 is 0 Å². The van der Waals surface area contributed by atoms with Crippen molar-refractivity contribution >= 4 is 0 Å². The molecule has 1 aliphatic carbocycles. The third kappa shape index (κ3) is 3.72. The summed E-state index contributed by atoms with van der Waals surface area (Å²) in [5, 5.41) is 3.75. The maximum atomic E-state index is 3.75. The van der Waals surface area contributed by atoms with Gasteiger partial charge in [-0.2, -0.15) is 0 Å². The van der Waals surface area contributed by atoms with E-state index in [0.717, 1.165) is 24.5 Å². The van der Waals surface area contributed by atoms with Crippen LogP contribution in [0.4, 0.5) is 0 Å². The molecule has 2 nitrogen and oxygen atoms in total. The van der Waals surface area contributed by atoms with E-state index in [2.05, 4.69) is 37.9 Å². The van der Waals surface area contributed by atoms with Crippen LogP contribution in [0.25, 0.3) is 0 Å². The van der Waals surface area contributed by atoms with E-state index in [1.165, 1.54) is 51.6 Å². The molecule has 1 heterocycles. The summed E-state index contributed by atoms with van der Waals surface area (Å²) in [6.07, 6.45) is 8.33. The fraction of sp³-hybridized carbons (Fsp3) is 1.00. The Morgan fingerprint density at radius 1 is 1.16 bits per heavy atom. The molecule has 0 radical (unpaired) electrons. The molecule has 0 amide bonds. The molecule has 3 atom stereocenters. The highest BCUT2D eigenvalue weighted by molar-refractivity contribution is 4.93. The summed E-state index contributed by atoms with van der Waals surface area (Å²) in [6, 6.07) is 1.54. The number of likely N-dealkylation sites (tertiary alicyclic amines) is 1. The summed E-state index contributed by atoms with van der Waals surface area (Å²) < 4.78 is 0. The molecule has 0 bridgehead atoms. The molecular formula is C17H34N2. The number of rotatable bonds is 4. The minimum Gasteiger partial charge on any atom is -0.313 e. The second kappa shape index (κ2) is 6.58. The maximum Gasteiger partial charge on any atom is 0.0251 e. The molecule has 0 aromatic carbocycles. The molecule has 1 saturated carbocycles. The monoisotopic (exact) mass is 266 g/mol. The van der Waals surface area contributed by atoms with E-state index in [-0.39, 0.29) is 0 Å². The van der Waals surface area contributed by atoms with E-state index in [9.17, 15) is 0 Å². The van der Waals surface area contributed by atoms with Crippen LogP contribution < -0.4 is 5.32 Å². The fourth-order valence-electron chi connectivity index (χ4n) is 4.00. The molecule has 0 spiro atoms. The van der Waals surface area contributed by atoms with Crippen LogP contribution in [-0.4, -0.2) is 36.6 Å². The normalized spacial score (nSPS) is 36.3. The highest BCUT2D eigenvalue weighted by Crippen LogP contribution is 2.37. The number of nitrogens with one attached hydrogen (secondary N) is 1.